The first-order valence-electron chi connectivity index (χ1n) is 10.4. The zero-order chi connectivity index (χ0) is 22.3. The lowest BCUT2D eigenvalue weighted by atomic mass is 10.1. The first kappa shape index (κ1) is 21.5. The van der Waals surface area contributed by atoms with Crippen LogP contribution in [0.25, 0.3) is 0 Å². The van der Waals surface area contributed by atoms with Gasteiger partial charge in [-0.2, -0.15) is 4.31 Å². The molecule has 0 atom stereocenters. The van der Waals surface area contributed by atoms with Crippen LogP contribution in [0, 0.1) is 27.7 Å². The summed E-state index contributed by atoms with van der Waals surface area (Å²) < 4.78 is 28.2. The Kier molecular flexibility index (Phi) is 5.58. The van der Waals surface area contributed by atoms with Crippen LogP contribution in [-0.2, 0) is 29.4 Å². The van der Waals surface area contributed by atoms with Crippen molar-refractivity contribution in [2.75, 3.05) is 6.54 Å². The Hall–Kier alpha value is -2.77. The van der Waals surface area contributed by atoms with Gasteiger partial charge >= 0.3 is 0 Å². The first-order chi connectivity index (χ1) is 14.6. The lowest BCUT2D eigenvalue weighted by Crippen LogP contribution is -2.40. The highest BCUT2D eigenvalue weighted by atomic mass is 32.2. The molecular weight excluding hydrogens is 410 g/mol. The molecule has 3 aromatic rings. The number of rotatable bonds is 4. The Balaban J connectivity index is 1.63. The van der Waals surface area contributed by atoms with E-state index in [0.717, 1.165) is 22.3 Å². The van der Waals surface area contributed by atoms with Gasteiger partial charge < -0.3 is 4.98 Å². The molecule has 2 aromatic carbocycles. The average Bonchev–Trinajstić information content (AvgIpc) is 2.68. The van der Waals surface area contributed by atoms with Gasteiger partial charge in [0.15, 0.2) is 0 Å². The van der Waals surface area contributed by atoms with E-state index in [0.29, 0.717) is 41.4 Å². The fourth-order valence-corrected chi connectivity index (χ4v) is 6.16. The van der Waals surface area contributed by atoms with Crippen molar-refractivity contribution < 1.29 is 8.42 Å². The lowest BCUT2D eigenvalue weighted by Gasteiger charge is -2.28. The molecule has 0 unspecified atom stereocenters. The van der Waals surface area contributed by atoms with Crippen molar-refractivity contribution in [3.63, 3.8) is 0 Å². The van der Waals surface area contributed by atoms with Crippen LogP contribution in [0.15, 0.2) is 46.1 Å². The van der Waals surface area contributed by atoms with Gasteiger partial charge in [0, 0.05) is 25.9 Å². The fraction of sp³-hybridized carbons (Fsp3) is 0.333. The molecule has 1 aromatic heterocycles. The SMILES string of the molecule is Cc1ccc(Cc2nc3c(c(=O)[nH]2)CN(S(=O)(=O)c2c(C)cc(C)cc2C)CC3)cc1. The molecular formula is C24H27N3O3S. The van der Waals surface area contributed by atoms with E-state index in [1.54, 1.807) is 0 Å². The van der Waals surface area contributed by atoms with E-state index < -0.39 is 10.0 Å². The maximum atomic E-state index is 13.4. The van der Waals surface area contributed by atoms with Crippen molar-refractivity contribution in [3.05, 3.63) is 91.7 Å². The van der Waals surface area contributed by atoms with E-state index in [4.69, 9.17) is 0 Å². The maximum absolute atomic E-state index is 13.4. The van der Waals surface area contributed by atoms with Gasteiger partial charge in [-0.3, -0.25) is 4.79 Å². The van der Waals surface area contributed by atoms with Crippen LogP contribution in [0.4, 0.5) is 0 Å². The second kappa shape index (κ2) is 8.05. The average molecular weight is 438 g/mol. The minimum absolute atomic E-state index is 0.0393. The predicted octanol–water partition coefficient (Wildman–Crippen LogP) is 3.34. The van der Waals surface area contributed by atoms with Gasteiger partial charge in [0.2, 0.25) is 10.0 Å². The van der Waals surface area contributed by atoms with Gasteiger partial charge in [-0.25, -0.2) is 13.4 Å². The number of aryl methyl sites for hydroxylation is 4. The number of nitrogens with zero attached hydrogens (tertiary/aromatic N) is 2. The summed E-state index contributed by atoms with van der Waals surface area (Å²) in [4.78, 5) is 20.6. The summed E-state index contributed by atoms with van der Waals surface area (Å²) in [6, 6.07) is 11.9. The van der Waals surface area contributed by atoms with Crippen LogP contribution < -0.4 is 5.56 Å². The van der Waals surface area contributed by atoms with Gasteiger partial charge in [0.1, 0.15) is 5.82 Å². The molecule has 0 aliphatic carbocycles. The number of benzene rings is 2. The van der Waals surface area contributed by atoms with Gasteiger partial charge in [0.05, 0.1) is 16.2 Å². The van der Waals surface area contributed by atoms with Crippen LogP contribution in [-0.4, -0.2) is 29.2 Å². The van der Waals surface area contributed by atoms with Crippen molar-refractivity contribution in [1.29, 1.82) is 0 Å². The van der Waals surface area contributed by atoms with Crippen molar-refractivity contribution in [1.82, 2.24) is 14.3 Å². The molecule has 0 saturated carbocycles. The van der Waals surface area contributed by atoms with Crippen LogP contribution in [0.5, 0.6) is 0 Å². The Bertz CT molecular complexity index is 1290. The number of hydrogen-bond acceptors (Lipinski definition) is 4. The molecule has 1 aliphatic rings. The Labute approximate surface area is 183 Å². The fourth-order valence-electron chi connectivity index (χ4n) is 4.34. The highest BCUT2D eigenvalue weighted by Crippen LogP contribution is 2.28. The zero-order valence-corrected chi connectivity index (χ0v) is 19.1. The minimum Gasteiger partial charge on any atom is -0.310 e. The molecule has 4 rings (SSSR count). The number of aromatic amines is 1. The first-order valence-corrected chi connectivity index (χ1v) is 11.8. The molecule has 0 radical (unpaired) electrons. The van der Waals surface area contributed by atoms with Crippen molar-refractivity contribution in [2.24, 2.45) is 0 Å². The van der Waals surface area contributed by atoms with Gasteiger partial charge in [-0.15, -0.1) is 0 Å². The third kappa shape index (κ3) is 4.20. The standard InChI is InChI=1S/C24H27N3O3S/c1-15-5-7-19(8-6-15)13-22-25-21-9-10-27(14-20(21)24(28)26-22)31(29,30)23-17(3)11-16(2)12-18(23)4/h5-8,11-12H,9-10,13-14H2,1-4H3,(H,25,26,28). The van der Waals surface area contributed by atoms with Crippen molar-refractivity contribution >= 4 is 10.0 Å². The zero-order valence-electron chi connectivity index (χ0n) is 18.3. The second-order valence-electron chi connectivity index (χ2n) is 8.42. The topological polar surface area (TPSA) is 83.1 Å². The summed E-state index contributed by atoms with van der Waals surface area (Å²) in [7, 11) is -3.71. The minimum atomic E-state index is -3.71. The van der Waals surface area contributed by atoms with E-state index >= 15 is 0 Å². The van der Waals surface area contributed by atoms with E-state index in [2.05, 4.69) is 9.97 Å². The summed E-state index contributed by atoms with van der Waals surface area (Å²) in [6.07, 6.45) is 0.954. The van der Waals surface area contributed by atoms with Crippen LogP contribution in [0.3, 0.4) is 0 Å². The summed E-state index contributed by atoms with van der Waals surface area (Å²) >= 11 is 0. The van der Waals surface area contributed by atoms with Crippen molar-refractivity contribution in [3.8, 4) is 0 Å². The monoisotopic (exact) mass is 437 g/mol. The number of fused-ring (bicyclic) bond motifs is 1. The Morgan fingerprint density at radius 1 is 1.00 bits per heavy atom. The van der Waals surface area contributed by atoms with E-state index in [-0.39, 0.29) is 12.1 Å². The maximum Gasteiger partial charge on any atom is 0.255 e. The highest BCUT2D eigenvalue weighted by Gasteiger charge is 2.32. The predicted molar refractivity (Wildman–Crippen MR) is 121 cm³/mol. The third-order valence-electron chi connectivity index (χ3n) is 5.78. The summed E-state index contributed by atoms with van der Waals surface area (Å²) in [5.41, 5.74) is 5.59. The second-order valence-corrected chi connectivity index (χ2v) is 10.3. The molecule has 1 aliphatic heterocycles. The van der Waals surface area contributed by atoms with E-state index in [9.17, 15) is 13.2 Å². The molecule has 0 spiro atoms. The van der Waals surface area contributed by atoms with Crippen molar-refractivity contribution in [2.45, 2.75) is 52.0 Å². The Morgan fingerprint density at radius 3 is 2.29 bits per heavy atom. The number of nitrogens with one attached hydrogen (secondary N) is 1. The lowest BCUT2D eigenvalue weighted by molar-refractivity contribution is 0.384. The molecule has 6 nitrogen and oxygen atoms in total. The van der Waals surface area contributed by atoms with E-state index in [1.165, 1.54) is 9.87 Å². The van der Waals surface area contributed by atoms with Gasteiger partial charge in [-0.1, -0.05) is 47.5 Å². The largest absolute Gasteiger partial charge is 0.310 e. The third-order valence-corrected chi connectivity index (χ3v) is 7.93. The summed E-state index contributed by atoms with van der Waals surface area (Å²) in [5, 5.41) is 0. The number of aromatic nitrogens is 2. The normalized spacial score (nSPS) is 14.5. The summed E-state index contributed by atoms with van der Waals surface area (Å²) in [6.45, 7) is 7.96. The molecule has 2 heterocycles. The van der Waals surface area contributed by atoms with Gasteiger partial charge in [0.25, 0.3) is 5.56 Å². The van der Waals surface area contributed by atoms with Crippen LogP contribution >= 0.6 is 0 Å². The quantitative estimate of drug-likeness (QED) is 0.679. The molecule has 31 heavy (non-hydrogen) atoms. The Morgan fingerprint density at radius 2 is 1.65 bits per heavy atom. The summed E-state index contributed by atoms with van der Waals surface area (Å²) in [5.74, 6) is 0.606. The molecule has 7 heteroatoms. The number of H-pyrrole nitrogens is 1. The molecule has 0 saturated heterocycles. The molecule has 0 fully saturated rings. The number of sulfonamides is 1. The smallest absolute Gasteiger partial charge is 0.255 e. The molecule has 0 amide bonds. The van der Waals surface area contributed by atoms with Crippen LogP contribution in [0.2, 0.25) is 0 Å². The van der Waals surface area contributed by atoms with Crippen LogP contribution in [0.1, 0.15) is 44.9 Å². The molecule has 162 valence electrons. The van der Waals surface area contributed by atoms with E-state index in [1.807, 2.05) is 64.1 Å². The number of hydrogen-bond donors (Lipinski definition) is 1. The highest BCUT2D eigenvalue weighted by molar-refractivity contribution is 7.89. The molecule has 1 N–H and O–H groups in total. The van der Waals surface area contributed by atoms with Gasteiger partial charge in [-0.05, 0) is 44.4 Å². The molecule has 0 bridgehead atoms.